The summed E-state index contributed by atoms with van der Waals surface area (Å²) in [6.07, 6.45) is 4.95. The smallest absolute Gasteiger partial charge is 0.106 e. The van der Waals surface area contributed by atoms with Gasteiger partial charge in [-0.3, -0.25) is 0 Å². The standard InChI is InChI=1S/C16H20N2/c1-12(14-8-4-3-5-9-14)18-13(2)17-15-10-6-7-11-16(15)18/h3-5,8-9,12H,6-7,10-11H2,1-2H3. The molecule has 0 aliphatic heterocycles. The predicted octanol–water partition coefficient (Wildman–Crippen LogP) is 3.68. The van der Waals surface area contributed by atoms with Crippen molar-refractivity contribution >= 4 is 0 Å². The normalized spacial score (nSPS) is 16.3. The molecule has 3 rings (SSSR count). The van der Waals surface area contributed by atoms with Crippen LogP contribution < -0.4 is 0 Å². The minimum atomic E-state index is 0.389. The SMILES string of the molecule is Cc1nc2c(n1C(C)c1ccccc1)CCCC2. The first-order valence-corrected chi connectivity index (χ1v) is 6.89. The Morgan fingerprint density at radius 3 is 2.61 bits per heavy atom. The molecule has 0 radical (unpaired) electrons. The Balaban J connectivity index is 2.04. The second kappa shape index (κ2) is 4.60. The molecule has 2 heteroatoms. The van der Waals surface area contributed by atoms with E-state index >= 15 is 0 Å². The largest absolute Gasteiger partial charge is 0.325 e. The molecule has 1 aromatic carbocycles. The van der Waals surface area contributed by atoms with E-state index in [2.05, 4.69) is 48.7 Å². The van der Waals surface area contributed by atoms with Crippen LogP contribution in [-0.2, 0) is 12.8 Å². The summed E-state index contributed by atoms with van der Waals surface area (Å²) in [4.78, 5) is 4.76. The Kier molecular flexibility index (Phi) is 2.94. The maximum absolute atomic E-state index is 4.76. The molecule has 1 aliphatic carbocycles. The summed E-state index contributed by atoms with van der Waals surface area (Å²) in [5.41, 5.74) is 4.17. The highest BCUT2D eigenvalue weighted by atomic mass is 15.1. The third kappa shape index (κ3) is 1.86. The molecule has 18 heavy (non-hydrogen) atoms. The van der Waals surface area contributed by atoms with Crippen LogP contribution in [0.25, 0.3) is 0 Å². The molecule has 0 amide bonds. The van der Waals surface area contributed by atoms with Gasteiger partial charge >= 0.3 is 0 Å². The van der Waals surface area contributed by atoms with Gasteiger partial charge in [0.1, 0.15) is 5.82 Å². The molecule has 0 saturated carbocycles. The van der Waals surface area contributed by atoms with Gasteiger partial charge in [-0.25, -0.2) is 4.98 Å². The molecule has 0 bridgehead atoms. The second-order valence-electron chi connectivity index (χ2n) is 5.22. The number of hydrogen-bond donors (Lipinski definition) is 0. The van der Waals surface area contributed by atoms with E-state index in [1.807, 2.05) is 0 Å². The quantitative estimate of drug-likeness (QED) is 0.783. The van der Waals surface area contributed by atoms with E-state index in [1.54, 1.807) is 0 Å². The number of rotatable bonds is 2. The van der Waals surface area contributed by atoms with Crippen molar-refractivity contribution in [2.75, 3.05) is 0 Å². The fourth-order valence-corrected chi connectivity index (χ4v) is 3.09. The van der Waals surface area contributed by atoms with Gasteiger partial charge in [0, 0.05) is 5.69 Å². The number of aryl methyl sites for hydroxylation is 2. The van der Waals surface area contributed by atoms with Crippen LogP contribution in [0.3, 0.4) is 0 Å². The van der Waals surface area contributed by atoms with E-state index in [1.165, 1.54) is 42.0 Å². The maximum atomic E-state index is 4.76. The molecule has 1 aromatic heterocycles. The molecule has 0 N–H and O–H groups in total. The molecular formula is C16H20N2. The van der Waals surface area contributed by atoms with Gasteiger partial charge in [0.15, 0.2) is 0 Å². The third-order valence-electron chi connectivity index (χ3n) is 4.02. The zero-order valence-corrected chi connectivity index (χ0v) is 11.2. The van der Waals surface area contributed by atoms with E-state index in [-0.39, 0.29) is 0 Å². The van der Waals surface area contributed by atoms with Crippen LogP contribution in [0.2, 0.25) is 0 Å². The lowest BCUT2D eigenvalue weighted by Gasteiger charge is -2.21. The van der Waals surface area contributed by atoms with Gasteiger partial charge in [0.25, 0.3) is 0 Å². The number of hydrogen-bond acceptors (Lipinski definition) is 1. The van der Waals surface area contributed by atoms with Crippen LogP contribution in [0.15, 0.2) is 30.3 Å². The second-order valence-corrected chi connectivity index (χ2v) is 5.22. The van der Waals surface area contributed by atoms with Gasteiger partial charge in [-0.2, -0.15) is 0 Å². The first kappa shape index (κ1) is 11.5. The lowest BCUT2D eigenvalue weighted by atomic mass is 10.00. The Morgan fingerprint density at radius 1 is 1.11 bits per heavy atom. The predicted molar refractivity (Wildman–Crippen MR) is 73.9 cm³/mol. The van der Waals surface area contributed by atoms with Crippen molar-refractivity contribution in [1.82, 2.24) is 9.55 Å². The summed E-state index contributed by atoms with van der Waals surface area (Å²) in [6, 6.07) is 11.1. The van der Waals surface area contributed by atoms with E-state index in [0.717, 1.165) is 6.42 Å². The summed E-state index contributed by atoms with van der Waals surface area (Å²) in [5.74, 6) is 1.17. The molecule has 1 unspecified atom stereocenters. The first-order valence-electron chi connectivity index (χ1n) is 6.89. The summed E-state index contributed by atoms with van der Waals surface area (Å²) >= 11 is 0. The molecule has 2 nitrogen and oxygen atoms in total. The minimum absolute atomic E-state index is 0.389. The first-order chi connectivity index (χ1) is 8.77. The lowest BCUT2D eigenvalue weighted by Crippen LogP contribution is -2.14. The molecule has 1 aliphatic rings. The number of imidazole rings is 1. The zero-order valence-electron chi connectivity index (χ0n) is 11.2. The Bertz CT molecular complexity index is 540. The molecule has 1 heterocycles. The van der Waals surface area contributed by atoms with Gasteiger partial charge in [0.2, 0.25) is 0 Å². The highest BCUT2D eigenvalue weighted by molar-refractivity contribution is 5.26. The summed E-state index contributed by atoms with van der Waals surface area (Å²) in [6.45, 7) is 4.41. The number of aromatic nitrogens is 2. The van der Waals surface area contributed by atoms with Gasteiger partial charge in [0.05, 0.1) is 11.7 Å². The van der Waals surface area contributed by atoms with Crippen molar-refractivity contribution in [2.24, 2.45) is 0 Å². The van der Waals surface area contributed by atoms with Crippen molar-refractivity contribution in [2.45, 2.75) is 45.6 Å². The highest BCUT2D eigenvalue weighted by Crippen LogP contribution is 2.28. The minimum Gasteiger partial charge on any atom is -0.325 e. The molecular weight excluding hydrogens is 220 g/mol. The van der Waals surface area contributed by atoms with Crippen molar-refractivity contribution < 1.29 is 0 Å². The average Bonchev–Trinajstić information content (AvgIpc) is 2.75. The van der Waals surface area contributed by atoms with Crippen LogP contribution in [0.1, 0.15) is 48.6 Å². The Hall–Kier alpha value is -1.57. The maximum Gasteiger partial charge on any atom is 0.106 e. The lowest BCUT2D eigenvalue weighted by molar-refractivity contribution is 0.562. The average molecular weight is 240 g/mol. The molecule has 0 saturated heterocycles. The number of benzene rings is 1. The van der Waals surface area contributed by atoms with Crippen LogP contribution in [-0.4, -0.2) is 9.55 Å². The van der Waals surface area contributed by atoms with E-state index < -0.39 is 0 Å². The van der Waals surface area contributed by atoms with E-state index in [4.69, 9.17) is 4.98 Å². The third-order valence-corrected chi connectivity index (χ3v) is 4.02. The molecule has 0 fully saturated rings. The number of nitrogens with zero attached hydrogens (tertiary/aromatic N) is 2. The van der Waals surface area contributed by atoms with Crippen LogP contribution in [0.4, 0.5) is 0 Å². The molecule has 0 spiro atoms. The summed E-state index contributed by atoms with van der Waals surface area (Å²) in [7, 11) is 0. The van der Waals surface area contributed by atoms with Crippen LogP contribution >= 0.6 is 0 Å². The molecule has 2 aromatic rings. The van der Waals surface area contributed by atoms with Crippen LogP contribution in [0.5, 0.6) is 0 Å². The number of fused-ring (bicyclic) bond motifs is 1. The van der Waals surface area contributed by atoms with Crippen molar-refractivity contribution in [3.05, 3.63) is 53.1 Å². The van der Waals surface area contributed by atoms with Crippen molar-refractivity contribution in [3.8, 4) is 0 Å². The molecule has 94 valence electrons. The van der Waals surface area contributed by atoms with Crippen molar-refractivity contribution in [1.29, 1.82) is 0 Å². The summed E-state index contributed by atoms with van der Waals surface area (Å²) in [5, 5.41) is 0. The highest BCUT2D eigenvalue weighted by Gasteiger charge is 2.21. The Labute approximate surface area is 109 Å². The van der Waals surface area contributed by atoms with Gasteiger partial charge < -0.3 is 4.57 Å². The summed E-state index contributed by atoms with van der Waals surface area (Å²) < 4.78 is 2.43. The van der Waals surface area contributed by atoms with E-state index in [9.17, 15) is 0 Å². The monoisotopic (exact) mass is 240 g/mol. The fourth-order valence-electron chi connectivity index (χ4n) is 3.09. The zero-order chi connectivity index (χ0) is 12.5. The van der Waals surface area contributed by atoms with Crippen LogP contribution in [0, 0.1) is 6.92 Å². The Morgan fingerprint density at radius 2 is 1.83 bits per heavy atom. The van der Waals surface area contributed by atoms with Crippen molar-refractivity contribution in [3.63, 3.8) is 0 Å². The van der Waals surface area contributed by atoms with Gasteiger partial charge in [-0.05, 0) is 45.1 Å². The topological polar surface area (TPSA) is 17.8 Å². The van der Waals surface area contributed by atoms with E-state index in [0.29, 0.717) is 6.04 Å². The fraction of sp³-hybridized carbons (Fsp3) is 0.438. The van der Waals surface area contributed by atoms with Gasteiger partial charge in [-0.15, -0.1) is 0 Å². The van der Waals surface area contributed by atoms with Gasteiger partial charge in [-0.1, -0.05) is 30.3 Å². The molecule has 1 atom stereocenters.